The van der Waals surface area contributed by atoms with Gasteiger partial charge in [-0.3, -0.25) is 13.9 Å². The van der Waals surface area contributed by atoms with E-state index in [9.17, 15) is 22.4 Å². The van der Waals surface area contributed by atoms with Gasteiger partial charge < -0.3 is 10.2 Å². The van der Waals surface area contributed by atoms with Crippen molar-refractivity contribution < 1.29 is 22.4 Å². The Morgan fingerprint density at radius 1 is 1.06 bits per heavy atom. The van der Waals surface area contributed by atoms with Crippen LogP contribution in [-0.4, -0.2) is 50.5 Å². The molecule has 0 aliphatic carbocycles. The topological polar surface area (TPSA) is 86.8 Å². The number of hydrogen-bond acceptors (Lipinski definition) is 4. The molecule has 2 rings (SSSR count). The number of hydrogen-bond donors (Lipinski definition) is 1. The molecule has 0 spiro atoms. The molecule has 0 saturated carbocycles. The number of nitrogens with zero attached hydrogens (tertiary/aromatic N) is 2. The van der Waals surface area contributed by atoms with Crippen molar-refractivity contribution in [3.63, 3.8) is 0 Å². The van der Waals surface area contributed by atoms with Crippen molar-refractivity contribution in [1.29, 1.82) is 0 Å². The van der Waals surface area contributed by atoms with E-state index < -0.39 is 16.1 Å². The summed E-state index contributed by atoms with van der Waals surface area (Å²) < 4.78 is 39.2. The second kappa shape index (κ2) is 13.4. The minimum atomic E-state index is -3.58. The summed E-state index contributed by atoms with van der Waals surface area (Å²) >= 11 is 5.91. The van der Waals surface area contributed by atoms with E-state index in [1.165, 1.54) is 21.3 Å². The summed E-state index contributed by atoms with van der Waals surface area (Å²) in [6.07, 6.45) is 3.15. The van der Waals surface area contributed by atoms with Gasteiger partial charge in [0, 0.05) is 31.1 Å². The summed E-state index contributed by atoms with van der Waals surface area (Å²) in [6, 6.07) is 11.4. The van der Waals surface area contributed by atoms with Gasteiger partial charge in [-0.05, 0) is 61.7 Å². The van der Waals surface area contributed by atoms with Gasteiger partial charge in [-0.15, -0.1) is 0 Å². The number of carbonyl (C=O) groups excluding carboxylic acids is 2. The number of rotatable bonds is 13. The predicted molar refractivity (Wildman–Crippen MR) is 137 cm³/mol. The van der Waals surface area contributed by atoms with E-state index in [1.54, 1.807) is 43.3 Å². The fourth-order valence-electron chi connectivity index (χ4n) is 3.52. The summed E-state index contributed by atoms with van der Waals surface area (Å²) in [5.41, 5.74) is 1.14. The zero-order valence-electron chi connectivity index (χ0n) is 20.3. The van der Waals surface area contributed by atoms with Crippen LogP contribution in [0.4, 0.5) is 10.1 Å². The minimum absolute atomic E-state index is 0.0351. The van der Waals surface area contributed by atoms with Crippen molar-refractivity contribution in [2.75, 3.05) is 23.7 Å². The summed E-state index contributed by atoms with van der Waals surface area (Å²) in [5.74, 6) is -0.954. The fourth-order valence-corrected chi connectivity index (χ4v) is 4.61. The molecule has 0 fully saturated rings. The standard InChI is InChI=1S/C25H33ClFN3O4S/c1-4-5-16-28-25(32)19(2)29(18-20-8-12-22(27)13-9-20)24(31)7-6-17-30(35(3,33)34)23-14-10-21(26)11-15-23/h8-15,19H,4-7,16-18H2,1-3H3,(H,28,32)/t19-/m1/s1. The van der Waals surface area contributed by atoms with Gasteiger partial charge in [-0.2, -0.15) is 0 Å². The van der Waals surface area contributed by atoms with E-state index in [0.717, 1.165) is 19.1 Å². The second-order valence-corrected chi connectivity index (χ2v) is 10.7. The number of halogens is 2. The number of unbranched alkanes of at least 4 members (excludes halogenated alkanes) is 1. The SMILES string of the molecule is CCCCNC(=O)[C@@H](C)N(Cc1ccc(F)cc1)C(=O)CCCN(c1ccc(Cl)cc1)S(C)(=O)=O. The van der Waals surface area contributed by atoms with E-state index in [2.05, 4.69) is 5.32 Å². The molecule has 0 bridgehead atoms. The van der Waals surface area contributed by atoms with Crippen molar-refractivity contribution in [3.8, 4) is 0 Å². The van der Waals surface area contributed by atoms with Crippen LogP contribution in [0, 0.1) is 5.82 Å². The first kappa shape index (κ1) is 28.6. The van der Waals surface area contributed by atoms with E-state index in [1.807, 2.05) is 6.92 Å². The van der Waals surface area contributed by atoms with E-state index in [4.69, 9.17) is 11.6 Å². The van der Waals surface area contributed by atoms with Crippen molar-refractivity contribution in [2.24, 2.45) is 0 Å². The summed E-state index contributed by atoms with van der Waals surface area (Å²) in [5, 5.41) is 3.33. The first-order valence-electron chi connectivity index (χ1n) is 11.6. The lowest BCUT2D eigenvalue weighted by molar-refractivity contribution is -0.140. The zero-order valence-corrected chi connectivity index (χ0v) is 21.9. The Labute approximate surface area is 212 Å². The van der Waals surface area contributed by atoms with Crippen LogP contribution in [0.2, 0.25) is 5.02 Å². The average molecular weight is 526 g/mol. The first-order valence-corrected chi connectivity index (χ1v) is 13.8. The van der Waals surface area contributed by atoms with E-state index in [-0.39, 0.29) is 43.6 Å². The minimum Gasteiger partial charge on any atom is -0.354 e. The third kappa shape index (κ3) is 9.14. The lowest BCUT2D eigenvalue weighted by Crippen LogP contribution is -2.48. The number of anilines is 1. The molecule has 0 aliphatic rings. The lowest BCUT2D eigenvalue weighted by atomic mass is 10.1. The number of amides is 2. The Morgan fingerprint density at radius 3 is 2.26 bits per heavy atom. The molecule has 192 valence electrons. The van der Waals surface area contributed by atoms with Crippen LogP contribution in [0.25, 0.3) is 0 Å². The molecular formula is C25H33ClFN3O4S. The van der Waals surface area contributed by atoms with Crippen LogP contribution in [-0.2, 0) is 26.2 Å². The quantitative estimate of drug-likeness (QED) is 0.394. The van der Waals surface area contributed by atoms with E-state index in [0.29, 0.717) is 22.8 Å². The smallest absolute Gasteiger partial charge is 0.242 e. The van der Waals surface area contributed by atoms with Crippen LogP contribution < -0.4 is 9.62 Å². The third-order valence-corrected chi connectivity index (χ3v) is 6.98. The maximum atomic E-state index is 13.3. The number of nitrogens with one attached hydrogen (secondary N) is 1. The van der Waals surface area contributed by atoms with Crippen molar-refractivity contribution in [3.05, 3.63) is 64.9 Å². The van der Waals surface area contributed by atoms with Crippen molar-refractivity contribution in [2.45, 2.75) is 52.1 Å². The first-order chi connectivity index (χ1) is 16.5. The maximum absolute atomic E-state index is 13.3. The Bertz CT molecular complexity index is 1080. The Morgan fingerprint density at radius 2 is 1.69 bits per heavy atom. The molecule has 1 N–H and O–H groups in total. The molecule has 7 nitrogen and oxygen atoms in total. The average Bonchev–Trinajstić information content (AvgIpc) is 2.81. The highest BCUT2D eigenvalue weighted by molar-refractivity contribution is 7.92. The fraction of sp³-hybridized carbons (Fsp3) is 0.440. The predicted octanol–water partition coefficient (Wildman–Crippen LogP) is 4.36. The molecule has 0 aliphatic heterocycles. The van der Waals surface area contributed by atoms with Crippen LogP contribution in [0.3, 0.4) is 0 Å². The van der Waals surface area contributed by atoms with Crippen molar-refractivity contribution in [1.82, 2.24) is 10.2 Å². The van der Waals surface area contributed by atoms with Gasteiger partial charge in [-0.25, -0.2) is 12.8 Å². The van der Waals surface area contributed by atoms with Gasteiger partial charge in [-0.1, -0.05) is 37.1 Å². The Kier molecular flexibility index (Phi) is 11.0. The molecule has 10 heteroatoms. The molecule has 0 heterocycles. The van der Waals surface area contributed by atoms with Gasteiger partial charge in [0.2, 0.25) is 21.8 Å². The van der Waals surface area contributed by atoms with Crippen LogP contribution in [0.1, 0.15) is 45.1 Å². The van der Waals surface area contributed by atoms with Gasteiger partial charge in [0.25, 0.3) is 0 Å². The van der Waals surface area contributed by atoms with Gasteiger partial charge in [0.05, 0.1) is 11.9 Å². The van der Waals surface area contributed by atoms with Gasteiger partial charge in [0.1, 0.15) is 11.9 Å². The summed E-state index contributed by atoms with van der Waals surface area (Å²) in [6.45, 7) is 4.41. The highest BCUT2D eigenvalue weighted by atomic mass is 35.5. The summed E-state index contributed by atoms with van der Waals surface area (Å²) in [4.78, 5) is 27.3. The highest BCUT2D eigenvalue weighted by Crippen LogP contribution is 2.21. The van der Waals surface area contributed by atoms with Crippen molar-refractivity contribution >= 4 is 39.1 Å². The Balaban J connectivity index is 2.12. The van der Waals surface area contributed by atoms with Gasteiger partial charge in [0.15, 0.2) is 0 Å². The molecular weight excluding hydrogens is 493 g/mol. The molecule has 0 aromatic heterocycles. The maximum Gasteiger partial charge on any atom is 0.242 e. The molecule has 0 unspecified atom stereocenters. The number of carbonyl (C=O) groups is 2. The third-order valence-electron chi connectivity index (χ3n) is 5.53. The van der Waals surface area contributed by atoms with Crippen LogP contribution >= 0.6 is 11.6 Å². The molecule has 1 atom stereocenters. The van der Waals surface area contributed by atoms with E-state index >= 15 is 0 Å². The summed E-state index contributed by atoms with van der Waals surface area (Å²) in [7, 11) is -3.58. The normalized spacial score (nSPS) is 12.1. The Hall–Kier alpha value is -2.65. The number of benzene rings is 2. The highest BCUT2D eigenvalue weighted by Gasteiger charge is 2.26. The largest absolute Gasteiger partial charge is 0.354 e. The zero-order chi connectivity index (χ0) is 26.0. The lowest BCUT2D eigenvalue weighted by Gasteiger charge is -2.29. The van der Waals surface area contributed by atoms with Crippen LogP contribution in [0.15, 0.2) is 48.5 Å². The molecule has 2 amide bonds. The molecule has 2 aromatic rings. The number of sulfonamides is 1. The molecule has 2 aromatic carbocycles. The second-order valence-electron chi connectivity index (χ2n) is 8.38. The van der Waals surface area contributed by atoms with Crippen LogP contribution in [0.5, 0.6) is 0 Å². The monoisotopic (exact) mass is 525 g/mol. The molecule has 0 radical (unpaired) electrons. The molecule has 0 saturated heterocycles. The molecule has 35 heavy (non-hydrogen) atoms. The van der Waals surface area contributed by atoms with Gasteiger partial charge >= 0.3 is 0 Å².